The minimum atomic E-state index is -2.21. The molecule has 117 valence electrons. The van der Waals surface area contributed by atoms with Crippen molar-refractivity contribution in [1.82, 2.24) is 0 Å². The van der Waals surface area contributed by atoms with Crippen LogP contribution in [0, 0.1) is 0 Å². The Morgan fingerprint density at radius 1 is 1.50 bits per heavy atom. The molecule has 0 spiro atoms. The van der Waals surface area contributed by atoms with Gasteiger partial charge >= 0.3 is 27.9 Å². The highest BCUT2D eigenvalue weighted by molar-refractivity contribution is 6.76. The zero-order chi connectivity index (χ0) is 15.0. The van der Waals surface area contributed by atoms with Crippen LogP contribution in [-0.2, 0) is 21.8 Å². The van der Waals surface area contributed by atoms with E-state index in [2.05, 4.69) is 19.6 Å². The average Bonchev–Trinajstić information content (AvgIpc) is 3.10. The minimum absolute atomic E-state index is 0.114. The molecule has 1 aliphatic rings. The van der Waals surface area contributed by atoms with Crippen molar-refractivity contribution in [3.8, 4) is 0 Å². The highest BCUT2D eigenvalue weighted by atomic mass is 28.5. The van der Waals surface area contributed by atoms with Gasteiger partial charge in [-0.15, -0.1) is 0 Å². The van der Waals surface area contributed by atoms with E-state index in [4.69, 9.17) is 21.8 Å². The van der Waals surface area contributed by atoms with E-state index < -0.39 is 26.9 Å². The van der Waals surface area contributed by atoms with Gasteiger partial charge in [-0.3, -0.25) is 0 Å². The van der Waals surface area contributed by atoms with Crippen molar-refractivity contribution in [3.63, 3.8) is 0 Å². The Morgan fingerprint density at radius 2 is 2.20 bits per heavy atom. The first-order chi connectivity index (χ1) is 9.41. The topological polar surface area (TPSA) is 69.7 Å². The third kappa shape index (κ3) is 9.54. The highest BCUT2D eigenvalue weighted by Gasteiger charge is 2.33. The first-order valence-corrected chi connectivity index (χ1v) is 14.8. The van der Waals surface area contributed by atoms with Crippen molar-refractivity contribution < 1.29 is 26.6 Å². The Balaban J connectivity index is 2.20. The summed E-state index contributed by atoms with van der Waals surface area (Å²) in [6, 6.07) is 0.881. The second-order valence-electron chi connectivity index (χ2n) is 5.18. The van der Waals surface area contributed by atoms with E-state index >= 15 is 0 Å². The maximum atomic E-state index is 9.23. The molecule has 1 rings (SSSR count). The van der Waals surface area contributed by atoms with Crippen LogP contribution in [0.25, 0.3) is 0 Å². The molecular weight excluding hydrogens is 328 g/mol. The fourth-order valence-electron chi connectivity index (χ4n) is 1.61. The van der Waals surface area contributed by atoms with Crippen LogP contribution in [0.3, 0.4) is 0 Å². The van der Waals surface area contributed by atoms with Gasteiger partial charge in [0.1, 0.15) is 6.10 Å². The van der Waals surface area contributed by atoms with E-state index in [9.17, 15) is 4.80 Å². The van der Waals surface area contributed by atoms with Crippen molar-refractivity contribution >= 4 is 36.9 Å². The molecule has 3 unspecified atom stereocenters. The lowest BCUT2D eigenvalue weighted by molar-refractivity contribution is 0.116. The molecule has 1 heterocycles. The third-order valence-corrected chi connectivity index (χ3v) is 11.0. The molecule has 0 aromatic heterocycles. The molecule has 3 radical (unpaired) electrons. The number of hydrogen-bond donors (Lipinski definition) is 1. The average molecular weight is 354 g/mol. The molecule has 0 aliphatic carbocycles. The zero-order valence-electron chi connectivity index (χ0n) is 12.7. The largest absolute Gasteiger partial charge is 0.436 e. The van der Waals surface area contributed by atoms with Crippen molar-refractivity contribution in [2.24, 2.45) is 0 Å². The van der Waals surface area contributed by atoms with Crippen molar-refractivity contribution in [2.45, 2.75) is 44.8 Å². The van der Waals surface area contributed by atoms with Gasteiger partial charge in [-0.05, 0) is 38.7 Å². The van der Waals surface area contributed by atoms with Gasteiger partial charge in [0.2, 0.25) is 0 Å². The normalized spacial score (nSPS) is 22.8. The molecule has 3 atom stereocenters. The number of epoxide rings is 1. The van der Waals surface area contributed by atoms with Gasteiger partial charge in [-0.2, -0.15) is 0 Å². The molecule has 0 bridgehead atoms. The van der Waals surface area contributed by atoms with Crippen molar-refractivity contribution in [2.75, 3.05) is 19.8 Å². The van der Waals surface area contributed by atoms with Gasteiger partial charge in [0, 0.05) is 6.61 Å². The first-order valence-electron chi connectivity index (χ1n) is 6.86. The molecule has 0 saturated carbocycles. The summed E-state index contributed by atoms with van der Waals surface area (Å²) in [7, 11) is -5.15. The summed E-state index contributed by atoms with van der Waals surface area (Å²) in [5.41, 5.74) is 0. The molecule has 1 N–H and O–H groups in total. The van der Waals surface area contributed by atoms with Gasteiger partial charge in [0.25, 0.3) is 0 Å². The predicted molar refractivity (Wildman–Crippen MR) is 83.3 cm³/mol. The van der Waals surface area contributed by atoms with E-state index in [-0.39, 0.29) is 10.0 Å². The van der Waals surface area contributed by atoms with Gasteiger partial charge in [-0.25, -0.2) is 0 Å². The van der Waals surface area contributed by atoms with E-state index in [1.807, 2.05) is 0 Å². The zero-order valence-corrected chi connectivity index (χ0v) is 16.8. The maximum Gasteiger partial charge on any atom is 0.412 e. The summed E-state index contributed by atoms with van der Waals surface area (Å²) in [4.78, 5) is 9.23. The molecule has 1 aliphatic heterocycles. The van der Waals surface area contributed by atoms with Crippen LogP contribution in [0.2, 0.25) is 32.2 Å². The molecule has 1 saturated heterocycles. The summed E-state index contributed by atoms with van der Waals surface area (Å²) >= 11 is 0. The van der Waals surface area contributed by atoms with Gasteiger partial charge in [0.15, 0.2) is 9.04 Å². The third-order valence-electron chi connectivity index (χ3n) is 2.52. The van der Waals surface area contributed by atoms with E-state index in [0.717, 1.165) is 19.1 Å². The minimum Gasteiger partial charge on any atom is -0.436 e. The van der Waals surface area contributed by atoms with Crippen LogP contribution in [0.5, 0.6) is 0 Å². The van der Waals surface area contributed by atoms with Crippen LogP contribution in [0.4, 0.5) is 0 Å². The highest BCUT2D eigenvalue weighted by Crippen LogP contribution is 2.17. The molecule has 0 amide bonds. The Bertz CT molecular complexity index is 266. The molecule has 0 aromatic carbocycles. The van der Waals surface area contributed by atoms with E-state index in [1.54, 1.807) is 6.55 Å². The molecule has 20 heavy (non-hydrogen) atoms. The Labute approximate surface area is 128 Å². The van der Waals surface area contributed by atoms with Crippen LogP contribution >= 0.6 is 0 Å². The van der Waals surface area contributed by atoms with E-state index in [1.165, 1.54) is 0 Å². The maximum absolute atomic E-state index is 9.23. The number of ether oxygens (including phenoxy) is 2. The molecular formula is C10H25O6Si4. The standard InChI is InChI=1S/C10H25O6Si4/c1-18(2)16-20(4,15-17-14-19(3)11)7-5-6-12-8-10-9-13-10/h10-11,19H,5-9H2,1-4H3. The van der Waals surface area contributed by atoms with E-state index in [0.29, 0.717) is 19.3 Å². The van der Waals surface area contributed by atoms with Crippen LogP contribution in [0.15, 0.2) is 0 Å². The SMILES string of the molecule is C[Si](C)O[Si](C)(CCCOCC1CO1)O[Si]O[SiH](C)O. The van der Waals surface area contributed by atoms with Gasteiger partial charge in [-0.1, -0.05) is 0 Å². The smallest absolute Gasteiger partial charge is 0.412 e. The first kappa shape index (κ1) is 18.7. The summed E-state index contributed by atoms with van der Waals surface area (Å²) in [5.74, 6) is 0. The van der Waals surface area contributed by atoms with Crippen LogP contribution in [0.1, 0.15) is 6.42 Å². The van der Waals surface area contributed by atoms with Crippen LogP contribution < -0.4 is 0 Å². The van der Waals surface area contributed by atoms with Crippen LogP contribution in [-0.4, -0.2) is 67.6 Å². The molecule has 6 nitrogen and oxygen atoms in total. The lowest BCUT2D eigenvalue weighted by Crippen LogP contribution is -2.44. The fraction of sp³-hybridized carbons (Fsp3) is 1.00. The van der Waals surface area contributed by atoms with Crippen molar-refractivity contribution in [1.29, 1.82) is 0 Å². The lowest BCUT2D eigenvalue weighted by Gasteiger charge is -2.29. The Kier molecular flexibility index (Phi) is 8.97. The summed E-state index contributed by atoms with van der Waals surface area (Å²) in [6.45, 7) is 10.2. The summed E-state index contributed by atoms with van der Waals surface area (Å²) in [6.07, 6.45) is 1.24. The number of rotatable bonds is 12. The number of hydrogen-bond acceptors (Lipinski definition) is 6. The molecule has 10 heteroatoms. The second-order valence-corrected chi connectivity index (χ2v) is 13.7. The summed E-state index contributed by atoms with van der Waals surface area (Å²) < 4.78 is 27.7. The lowest BCUT2D eigenvalue weighted by atomic mass is 10.5. The Morgan fingerprint density at radius 3 is 2.75 bits per heavy atom. The monoisotopic (exact) mass is 353 g/mol. The second kappa shape index (κ2) is 9.61. The van der Waals surface area contributed by atoms with Crippen molar-refractivity contribution in [3.05, 3.63) is 0 Å². The van der Waals surface area contributed by atoms with Gasteiger partial charge < -0.3 is 26.6 Å². The van der Waals surface area contributed by atoms with Gasteiger partial charge in [0.05, 0.1) is 13.2 Å². The molecule has 0 aromatic rings. The quantitative estimate of drug-likeness (QED) is 0.314. The molecule has 1 fully saturated rings. The Hall–Kier alpha value is 0.628. The fourth-order valence-corrected chi connectivity index (χ4v) is 9.10. The summed E-state index contributed by atoms with van der Waals surface area (Å²) in [5, 5.41) is 0. The predicted octanol–water partition coefficient (Wildman–Crippen LogP) is 0.542.